The average molecular weight is 150 g/mol. The smallest absolute Gasteiger partial charge is 0.00355 e. The number of hydrogen-bond donors (Lipinski definition) is 0. The highest BCUT2D eigenvalue weighted by molar-refractivity contribution is 5.85. The molecule has 0 bridgehead atoms. The van der Waals surface area contributed by atoms with Gasteiger partial charge in [0.25, 0.3) is 0 Å². The summed E-state index contributed by atoms with van der Waals surface area (Å²) in [5.74, 6) is 0.616. The number of rotatable bonds is 3. The Bertz CT molecular complexity index is 71.3. The Morgan fingerprint density at radius 1 is 1.56 bits per heavy atom. The van der Waals surface area contributed by atoms with Gasteiger partial charge in [-0.05, 0) is 20.0 Å². The summed E-state index contributed by atoms with van der Waals surface area (Å²) in [6, 6.07) is 0. The zero-order valence-electron chi connectivity index (χ0n) is 6.42. The van der Waals surface area contributed by atoms with Crippen molar-refractivity contribution in [1.29, 1.82) is 0 Å². The molecule has 0 radical (unpaired) electrons. The van der Waals surface area contributed by atoms with Gasteiger partial charge in [0.2, 0.25) is 0 Å². The second kappa shape index (κ2) is 6.12. The van der Waals surface area contributed by atoms with Crippen molar-refractivity contribution in [2.45, 2.75) is 6.92 Å². The van der Waals surface area contributed by atoms with E-state index in [1.54, 1.807) is 0 Å². The molecule has 0 aromatic heterocycles. The molecule has 0 amide bonds. The minimum absolute atomic E-state index is 0. The fourth-order valence-electron chi connectivity index (χ4n) is 0.651. The van der Waals surface area contributed by atoms with Crippen molar-refractivity contribution in [2.75, 3.05) is 20.6 Å². The monoisotopic (exact) mass is 149 g/mol. The summed E-state index contributed by atoms with van der Waals surface area (Å²) in [4.78, 5) is 2.16. The number of hydrogen-bond acceptors (Lipinski definition) is 1. The van der Waals surface area contributed by atoms with Gasteiger partial charge in [-0.25, -0.2) is 0 Å². The van der Waals surface area contributed by atoms with E-state index in [1.165, 1.54) is 0 Å². The van der Waals surface area contributed by atoms with E-state index in [-0.39, 0.29) is 12.4 Å². The average Bonchev–Trinajstić information content (AvgIpc) is 1.65. The van der Waals surface area contributed by atoms with Crippen LogP contribution in [0.15, 0.2) is 12.7 Å². The SMILES string of the molecule is C=CC(C)CN(C)C.Cl. The van der Waals surface area contributed by atoms with Gasteiger partial charge in [0.15, 0.2) is 0 Å². The highest BCUT2D eigenvalue weighted by Gasteiger charge is 1.94. The van der Waals surface area contributed by atoms with Crippen LogP contribution >= 0.6 is 12.4 Å². The lowest BCUT2D eigenvalue weighted by molar-refractivity contribution is 0.371. The van der Waals surface area contributed by atoms with Crippen molar-refractivity contribution in [3.05, 3.63) is 12.7 Å². The van der Waals surface area contributed by atoms with Gasteiger partial charge in [0.05, 0.1) is 0 Å². The van der Waals surface area contributed by atoms with E-state index < -0.39 is 0 Å². The molecule has 1 nitrogen and oxygen atoms in total. The lowest BCUT2D eigenvalue weighted by Gasteiger charge is -2.11. The first-order valence-electron chi connectivity index (χ1n) is 2.94. The Hall–Kier alpha value is -0.0100. The maximum absolute atomic E-state index is 3.69. The summed E-state index contributed by atoms with van der Waals surface area (Å²) in [5.41, 5.74) is 0. The molecule has 0 aliphatic rings. The lowest BCUT2D eigenvalue weighted by Crippen LogP contribution is -2.17. The van der Waals surface area contributed by atoms with Crippen LogP contribution in [0.3, 0.4) is 0 Å². The van der Waals surface area contributed by atoms with Gasteiger partial charge >= 0.3 is 0 Å². The molecule has 0 spiro atoms. The van der Waals surface area contributed by atoms with Crippen LogP contribution in [0.2, 0.25) is 0 Å². The molecule has 2 heteroatoms. The van der Waals surface area contributed by atoms with Crippen LogP contribution in [-0.4, -0.2) is 25.5 Å². The molecular formula is C7H16ClN. The molecule has 56 valence electrons. The second-order valence-corrected chi connectivity index (χ2v) is 2.48. The molecule has 0 N–H and O–H groups in total. The standard InChI is InChI=1S/C7H15N.ClH/c1-5-7(2)6-8(3)4;/h5,7H,1,6H2,2-4H3;1H. The van der Waals surface area contributed by atoms with E-state index in [1.807, 2.05) is 6.08 Å². The van der Waals surface area contributed by atoms with E-state index in [0.717, 1.165) is 6.54 Å². The highest BCUT2D eigenvalue weighted by Crippen LogP contribution is 1.94. The summed E-state index contributed by atoms with van der Waals surface area (Å²) < 4.78 is 0. The van der Waals surface area contributed by atoms with Crippen molar-refractivity contribution in [1.82, 2.24) is 4.90 Å². The van der Waals surface area contributed by atoms with Crippen LogP contribution in [0.1, 0.15) is 6.92 Å². The molecule has 1 atom stereocenters. The maximum Gasteiger partial charge on any atom is 0.00355 e. The lowest BCUT2D eigenvalue weighted by atomic mass is 10.2. The van der Waals surface area contributed by atoms with Crippen molar-refractivity contribution in [3.63, 3.8) is 0 Å². The van der Waals surface area contributed by atoms with Gasteiger partial charge in [-0.2, -0.15) is 0 Å². The molecule has 9 heavy (non-hydrogen) atoms. The van der Waals surface area contributed by atoms with Gasteiger partial charge in [-0.1, -0.05) is 13.0 Å². The second-order valence-electron chi connectivity index (χ2n) is 2.48. The molecule has 0 aliphatic carbocycles. The van der Waals surface area contributed by atoms with E-state index >= 15 is 0 Å². The summed E-state index contributed by atoms with van der Waals surface area (Å²) >= 11 is 0. The third-order valence-electron chi connectivity index (χ3n) is 1.06. The van der Waals surface area contributed by atoms with Gasteiger partial charge < -0.3 is 4.90 Å². The Morgan fingerprint density at radius 3 is 2.11 bits per heavy atom. The topological polar surface area (TPSA) is 3.24 Å². The van der Waals surface area contributed by atoms with Crippen molar-refractivity contribution in [2.24, 2.45) is 5.92 Å². The molecular weight excluding hydrogens is 134 g/mol. The van der Waals surface area contributed by atoms with E-state index in [4.69, 9.17) is 0 Å². The minimum Gasteiger partial charge on any atom is -0.309 e. The van der Waals surface area contributed by atoms with Crippen LogP contribution in [-0.2, 0) is 0 Å². The number of halogens is 1. The molecule has 0 saturated heterocycles. The van der Waals surface area contributed by atoms with Crippen LogP contribution in [0.5, 0.6) is 0 Å². The fourth-order valence-corrected chi connectivity index (χ4v) is 0.651. The first-order valence-corrected chi connectivity index (χ1v) is 2.94. The first-order chi connectivity index (χ1) is 3.66. The summed E-state index contributed by atoms with van der Waals surface area (Å²) in [5, 5.41) is 0. The Labute approximate surface area is 64.2 Å². The van der Waals surface area contributed by atoms with Gasteiger partial charge in [0, 0.05) is 6.54 Å². The number of nitrogens with zero attached hydrogens (tertiary/aromatic N) is 1. The predicted molar refractivity (Wildman–Crippen MR) is 45.2 cm³/mol. The van der Waals surface area contributed by atoms with Gasteiger partial charge in [-0.15, -0.1) is 19.0 Å². The molecule has 0 saturated carbocycles. The highest BCUT2D eigenvalue weighted by atomic mass is 35.5. The van der Waals surface area contributed by atoms with Crippen LogP contribution in [0.4, 0.5) is 0 Å². The zero-order valence-corrected chi connectivity index (χ0v) is 7.24. The Balaban J connectivity index is 0. The van der Waals surface area contributed by atoms with Crippen molar-refractivity contribution >= 4 is 12.4 Å². The van der Waals surface area contributed by atoms with Crippen LogP contribution in [0.25, 0.3) is 0 Å². The molecule has 0 aromatic rings. The maximum atomic E-state index is 3.69. The molecule has 0 rings (SSSR count). The zero-order chi connectivity index (χ0) is 6.57. The van der Waals surface area contributed by atoms with E-state index in [2.05, 4.69) is 32.5 Å². The largest absolute Gasteiger partial charge is 0.309 e. The molecule has 0 aliphatic heterocycles. The van der Waals surface area contributed by atoms with Crippen LogP contribution < -0.4 is 0 Å². The third kappa shape index (κ3) is 7.99. The Kier molecular flexibility index (Phi) is 7.98. The first kappa shape index (κ1) is 11.7. The molecule has 0 fully saturated rings. The quantitative estimate of drug-likeness (QED) is 0.554. The van der Waals surface area contributed by atoms with Crippen molar-refractivity contribution < 1.29 is 0 Å². The summed E-state index contributed by atoms with van der Waals surface area (Å²) in [7, 11) is 4.14. The van der Waals surface area contributed by atoms with Crippen molar-refractivity contribution in [3.8, 4) is 0 Å². The molecule has 0 aromatic carbocycles. The normalized spacial score (nSPS) is 12.4. The molecule has 0 heterocycles. The van der Waals surface area contributed by atoms with E-state index in [0.29, 0.717) is 5.92 Å². The van der Waals surface area contributed by atoms with Gasteiger partial charge in [-0.3, -0.25) is 0 Å². The summed E-state index contributed by atoms with van der Waals surface area (Å²) in [6.07, 6.45) is 1.97. The van der Waals surface area contributed by atoms with Gasteiger partial charge in [0.1, 0.15) is 0 Å². The molecule has 1 unspecified atom stereocenters. The fraction of sp³-hybridized carbons (Fsp3) is 0.714. The minimum atomic E-state index is 0. The van der Waals surface area contributed by atoms with Crippen LogP contribution in [0, 0.1) is 5.92 Å². The predicted octanol–water partition coefficient (Wildman–Crippen LogP) is 1.79. The van der Waals surface area contributed by atoms with E-state index in [9.17, 15) is 0 Å². The third-order valence-corrected chi connectivity index (χ3v) is 1.06. The summed E-state index contributed by atoms with van der Waals surface area (Å²) in [6.45, 7) is 6.95. The Morgan fingerprint density at radius 2 is 2.00 bits per heavy atom.